The van der Waals surface area contributed by atoms with Crippen LogP contribution < -0.4 is 9.62 Å². The fourth-order valence-electron chi connectivity index (χ4n) is 2.91. The molecule has 0 aromatic heterocycles. The van der Waals surface area contributed by atoms with Crippen molar-refractivity contribution in [1.29, 1.82) is 0 Å². The first-order valence-corrected chi connectivity index (χ1v) is 9.85. The van der Waals surface area contributed by atoms with Crippen molar-refractivity contribution >= 4 is 27.3 Å². The highest BCUT2D eigenvalue weighted by Gasteiger charge is 2.22. The molecule has 0 aliphatic rings. The molecule has 1 N–H and O–H groups in total. The van der Waals surface area contributed by atoms with Gasteiger partial charge in [-0.05, 0) is 50.5 Å². The van der Waals surface area contributed by atoms with Crippen molar-refractivity contribution in [3.63, 3.8) is 0 Å². The smallest absolute Gasteiger partial charge is 0.245 e. The van der Waals surface area contributed by atoms with Crippen LogP contribution in [0.4, 0.5) is 11.4 Å². The summed E-state index contributed by atoms with van der Waals surface area (Å²) in [5, 5.41) is 2.85. The summed E-state index contributed by atoms with van der Waals surface area (Å²) in [6.45, 7) is 7.39. The molecule has 5 nitrogen and oxygen atoms in total. The van der Waals surface area contributed by atoms with Crippen LogP contribution in [0, 0.1) is 27.7 Å². The fraction of sp³-hybridized carbons (Fsp3) is 0.316. The molecule has 0 unspecified atom stereocenters. The molecule has 0 aliphatic carbocycles. The molecule has 134 valence electrons. The summed E-state index contributed by atoms with van der Waals surface area (Å²) in [6, 6.07) is 11.1. The van der Waals surface area contributed by atoms with Crippen LogP contribution in [0.15, 0.2) is 36.4 Å². The molecule has 0 aliphatic heterocycles. The van der Waals surface area contributed by atoms with Gasteiger partial charge in [-0.15, -0.1) is 0 Å². The Balaban J connectivity index is 2.29. The maximum atomic E-state index is 12.5. The van der Waals surface area contributed by atoms with Gasteiger partial charge in [0, 0.05) is 5.69 Å². The minimum atomic E-state index is -3.58. The monoisotopic (exact) mass is 360 g/mol. The number of aryl methyl sites for hydroxylation is 4. The van der Waals surface area contributed by atoms with Crippen molar-refractivity contribution in [3.05, 3.63) is 58.7 Å². The van der Waals surface area contributed by atoms with Gasteiger partial charge in [-0.1, -0.05) is 35.9 Å². The van der Waals surface area contributed by atoms with Crippen LogP contribution in [-0.2, 0) is 14.8 Å². The maximum Gasteiger partial charge on any atom is 0.245 e. The standard InChI is InChI=1S/C19H24N2O3S/c1-13-10-15(3)19(16(4)11-13)20-18(22)12-21(25(5,23)24)17-9-7-6-8-14(17)2/h6-11H,12H2,1-5H3,(H,20,22). The lowest BCUT2D eigenvalue weighted by molar-refractivity contribution is -0.114. The first-order valence-electron chi connectivity index (χ1n) is 8.00. The number of anilines is 2. The van der Waals surface area contributed by atoms with E-state index in [4.69, 9.17) is 0 Å². The van der Waals surface area contributed by atoms with E-state index in [0.29, 0.717) is 5.69 Å². The lowest BCUT2D eigenvalue weighted by Gasteiger charge is -2.24. The Labute approximate surface area is 149 Å². The van der Waals surface area contributed by atoms with Gasteiger partial charge < -0.3 is 5.32 Å². The maximum absolute atomic E-state index is 12.5. The molecular weight excluding hydrogens is 336 g/mol. The van der Waals surface area contributed by atoms with Gasteiger partial charge in [0.2, 0.25) is 15.9 Å². The van der Waals surface area contributed by atoms with Crippen molar-refractivity contribution in [3.8, 4) is 0 Å². The number of benzene rings is 2. The second-order valence-corrected chi connectivity index (χ2v) is 8.28. The molecular formula is C19H24N2O3S. The van der Waals surface area contributed by atoms with Crippen LogP contribution in [-0.4, -0.2) is 27.1 Å². The average Bonchev–Trinajstić information content (AvgIpc) is 2.48. The Hall–Kier alpha value is -2.34. The van der Waals surface area contributed by atoms with Crippen molar-refractivity contribution in [2.24, 2.45) is 0 Å². The zero-order chi connectivity index (χ0) is 18.8. The summed E-state index contributed by atoms with van der Waals surface area (Å²) in [4.78, 5) is 12.5. The third kappa shape index (κ3) is 4.60. The summed E-state index contributed by atoms with van der Waals surface area (Å²) < 4.78 is 25.5. The molecule has 2 aromatic rings. The summed E-state index contributed by atoms with van der Waals surface area (Å²) in [6.07, 6.45) is 1.11. The first-order chi connectivity index (χ1) is 11.6. The Morgan fingerprint density at radius 3 is 2.08 bits per heavy atom. The first kappa shape index (κ1) is 19.0. The van der Waals surface area contributed by atoms with Crippen LogP contribution in [0.1, 0.15) is 22.3 Å². The van der Waals surface area contributed by atoms with Crippen LogP contribution in [0.2, 0.25) is 0 Å². The minimum Gasteiger partial charge on any atom is -0.324 e. The Morgan fingerprint density at radius 2 is 1.56 bits per heavy atom. The van der Waals surface area contributed by atoms with E-state index in [-0.39, 0.29) is 12.5 Å². The molecule has 0 bridgehead atoms. The minimum absolute atomic E-state index is 0.267. The number of nitrogens with one attached hydrogen (secondary N) is 1. The molecule has 0 saturated heterocycles. The summed E-state index contributed by atoms with van der Waals surface area (Å²) >= 11 is 0. The third-order valence-corrected chi connectivity index (χ3v) is 5.14. The highest BCUT2D eigenvalue weighted by molar-refractivity contribution is 7.92. The van der Waals surface area contributed by atoms with E-state index in [2.05, 4.69) is 5.32 Å². The molecule has 0 radical (unpaired) electrons. The summed E-state index contributed by atoms with van der Waals surface area (Å²) in [7, 11) is -3.58. The van der Waals surface area contributed by atoms with Gasteiger partial charge in [0.15, 0.2) is 0 Å². The number of hydrogen-bond donors (Lipinski definition) is 1. The van der Waals surface area contributed by atoms with Crippen LogP contribution in [0.25, 0.3) is 0 Å². The Morgan fingerprint density at radius 1 is 1.00 bits per heavy atom. The number of sulfonamides is 1. The van der Waals surface area contributed by atoms with Gasteiger partial charge in [-0.3, -0.25) is 9.10 Å². The molecule has 0 atom stereocenters. The Kier molecular flexibility index (Phi) is 5.52. The van der Waals surface area contributed by atoms with Gasteiger partial charge >= 0.3 is 0 Å². The zero-order valence-electron chi connectivity index (χ0n) is 15.3. The predicted molar refractivity (Wildman–Crippen MR) is 103 cm³/mol. The van der Waals surface area contributed by atoms with Crippen LogP contribution in [0.5, 0.6) is 0 Å². The van der Waals surface area contributed by atoms with Crippen molar-refractivity contribution < 1.29 is 13.2 Å². The normalized spacial score (nSPS) is 11.2. The van der Waals surface area contributed by atoms with E-state index in [9.17, 15) is 13.2 Å². The number of hydrogen-bond acceptors (Lipinski definition) is 3. The SMILES string of the molecule is Cc1cc(C)c(NC(=O)CN(c2ccccc2C)S(C)(=O)=O)c(C)c1. The van der Waals surface area contributed by atoms with Gasteiger partial charge in [0.05, 0.1) is 11.9 Å². The summed E-state index contributed by atoms with van der Waals surface area (Å²) in [5.74, 6) is -0.372. The van der Waals surface area contributed by atoms with Crippen molar-refractivity contribution in [2.45, 2.75) is 27.7 Å². The number of amides is 1. The molecule has 2 rings (SSSR count). The highest BCUT2D eigenvalue weighted by atomic mass is 32.2. The number of para-hydroxylation sites is 1. The zero-order valence-corrected chi connectivity index (χ0v) is 16.1. The van der Waals surface area contributed by atoms with Gasteiger partial charge in [-0.25, -0.2) is 8.42 Å². The number of carbonyl (C=O) groups excluding carboxylic acids is 1. The van der Waals surface area contributed by atoms with Crippen LogP contribution in [0.3, 0.4) is 0 Å². The van der Waals surface area contributed by atoms with E-state index in [1.807, 2.05) is 52.0 Å². The van der Waals surface area contributed by atoms with Gasteiger partial charge in [0.25, 0.3) is 0 Å². The quantitative estimate of drug-likeness (QED) is 0.889. The molecule has 0 saturated carbocycles. The molecule has 0 fully saturated rings. The molecule has 6 heteroatoms. The number of nitrogens with zero attached hydrogens (tertiary/aromatic N) is 1. The lowest BCUT2D eigenvalue weighted by atomic mass is 10.1. The lowest BCUT2D eigenvalue weighted by Crippen LogP contribution is -2.38. The second kappa shape index (κ2) is 7.27. The second-order valence-electron chi connectivity index (χ2n) is 6.38. The van der Waals surface area contributed by atoms with E-state index in [1.165, 1.54) is 0 Å². The van der Waals surface area contributed by atoms with Gasteiger partial charge in [-0.2, -0.15) is 0 Å². The topological polar surface area (TPSA) is 66.5 Å². The molecule has 1 amide bonds. The molecule has 2 aromatic carbocycles. The number of rotatable bonds is 5. The molecule has 0 heterocycles. The van der Waals surface area contributed by atoms with E-state index in [0.717, 1.165) is 38.5 Å². The number of carbonyl (C=O) groups is 1. The molecule has 0 spiro atoms. The van der Waals surface area contributed by atoms with Crippen molar-refractivity contribution in [1.82, 2.24) is 0 Å². The Bertz CT molecular complexity index is 882. The van der Waals surface area contributed by atoms with E-state index < -0.39 is 10.0 Å². The average molecular weight is 360 g/mol. The van der Waals surface area contributed by atoms with E-state index in [1.54, 1.807) is 12.1 Å². The molecule has 25 heavy (non-hydrogen) atoms. The largest absolute Gasteiger partial charge is 0.324 e. The highest BCUT2D eigenvalue weighted by Crippen LogP contribution is 2.24. The fourth-order valence-corrected chi connectivity index (χ4v) is 3.82. The van der Waals surface area contributed by atoms with Gasteiger partial charge in [0.1, 0.15) is 6.54 Å². The summed E-state index contributed by atoms with van der Waals surface area (Å²) in [5.41, 5.74) is 5.06. The predicted octanol–water partition coefficient (Wildman–Crippen LogP) is 3.32. The third-order valence-electron chi connectivity index (χ3n) is 4.01. The van der Waals surface area contributed by atoms with E-state index >= 15 is 0 Å². The van der Waals surface area contributed by atoms with Crippen LogP contribution >= 0.6 is 0 Å². The van der Waals surface area contributed by atoms with Crippen molar-refractivity contribution in [2.75, 3.05) is 22.4 Å².